The van der Waals surface area contributed by atoms with Crippen LogP contribution in [0.5, 0.6) is 11.5 Å². The van der Waals surface area contributed by atoms with E-state index in [0.29, 0.717) is 59.6 Å². The van der Waals surface area contributed by atoms with E-state index in [9.17, 15) is 18.3 Å². The first kappa shape index (κ1) is 25.8. The van der Waals surface area contributed by atoms with E-state index in [-0.39, 0.29) is 5.75 Å². The Kier molecular flexibility index (Phi) is 6.21. The average molecular weight is 529 g/mol. The lowest BCUT2D eigenvalue weighted by Crippen LogP contribution is -2.55. The number of ether oxygens (including phenoxy) is 2. The lowest BCUT2D eigenvalue weighted by atomic mass is 9.79. The summed E-state index contributed by atoms with van der Waals surface area (Å²) >= 11 is 0. The van der Waals surface area contributed by atoms with Gasteiger partial charge in [-0.1, -0.05) is 12.1 Å². The number of hydrogen-bond donors (Lipinski definition) is 1. The smallest absolute Gasteiger partial charge is 0.416 e. The zero-order chi connectivity index (χ0) is 27.3. The number of aryl methyl sites for hydroxylation is 1. The molecule has 4 aromatic rings. The molecule has 8 nitrogen and oxygen atoms in total. The van der Waals surface area contributed by atoms with Gasteiger partial charge in [0, 0.05) is 19.0 Å². The van der Waals surface area contributed by atoms with Crippen LogP contribution in [-0.4, -0.2) is 37.6 Å². The Labute approximate surface area is 217 Å². The molecule has 3 heterocycles. The summed E-state index contributed by atoms with van der Waals surface area (Å²) in [7, 11) is 1.55. The molecule has 11 heteroatoms. The van der Waals surface area contributed by atoms with Gasteiger partial charge in [-0.15, -0.1) is 10.2 Å². The van der Waals surface area contributed by atoms with E-state index < -0.39 is 22.9 Å². The second-order valence-electron chi connectivity index (χ2n) is 9.77. The molecular weight excluding hydrogens is 501 g/mol. The third-order valence-electron chi connectivity index (χ3n) is 6.81. The van der Waals surface area contributed by atoms with Gasteiger partial charge in [0.15, 0.2) is 28.9 Å². The van der Waals surface area contributed by atoms with Crippen LogP contribution in [0.3, 0.4) is 0 Å². The van der Waals surface area contributed by atoms with Gasteiger partial charge in [0.25, 0.3) is 0 Å². The lowest BCUT2D eigenvalue weighted by Gasteiger charge is -2.44. The Morgan fingerprint density at radius 3 is 2.55 bits per heavy atom. The molecule has 0 amide bonds. The second-order valence-corrected chi connectivity index (χ2v) is 9.77. The molecule has 0 aliphatic carbocycles. The quantitative estimate of drug-likeness (QED) is 0.339. The molecule has 0 fully saturated rings. The maximum atomic E-state index is 13.4. The molecule has 1 aliphatic heterocycles. The maximum absolute atomic E-state index is 13.4. The molecule has 0 spiro atoms. The van der Waals surface area contributed by atoms with Crippen molar-refractivity contribution in [3.63, 3.8) is 0 Å². The highest BCUT2D eigenvalue weighted by atomic mass is 19.4. The third kappa shape index (κ3) is 4.40. The molecule has 0 bridgehead atoms. The van der Waals surface area contributed by atoms with Crippen molar-refractivity contribution >= 4 is 0 Å². The predicted molar refractivity (Wildman–Crippen MR) is 132 cm³/mol. The van der Waals surface area contributed by atoms with E-state index in [2.05, 4.69) is 15.2 Å². The number of benzene rings is 2. The largest absolute Gasteiger partial charge is 0.496 e. The zero-order valence-corrected chi connectivity index (χ0v) is 21.3. The summed E-state index contributed by atoms with van der Waals surface area (Å²) in [5, 5.41) is 20.1. The van der Waals surface area contributed by atoms with Crippen molar-refractivity contribution in [3.05, 3.63) is 65.9 Å². The van der Waals surface area contributed by atoms with Gasteiger partial charge in [-0.2, -0.15) is 13.2 Å². The van der Waals surface area contributed by atoms with Crippen molar-refractivity contribution in [2.75, 3.05) is 7.11 Å². The highest BCUT2D eigenvalue weighted by molar-refractivity contribution is 5.71. The average Bonchev–Trinajstić information content (AvgIpc) is 3.49. The molecule has 1 aliphatic rings. The van der Waals surface area contributed by atoms with Crippen LogP contribution in [0.15, 0.2) is 53.1 Å². The topological polar surface area (TPSA) is 95.4 Å². The molecule has 2 aromatic heterocycles. The van der Waals surface area contributed by atoms with Gasteiger partial charge in [-0.25, -0.2) is 4.98 Å². The van der Waals surface area contributed by atoms with Crippen molar-refractivity contribution in [2.45, 2.75) is 57.5 Å². The Hall–Kier alpha value is -3.86. The monoisotopic (exact) mass is 528 g/mol. The summed E-state index contributed by atoms with van der Waals surface area (Å²) in [6, 6.07) is 10.1. The molecule has 0 saturated carbocycles. The minimum absolute atomic E-state index is 0.0201. The molecule has 0 saturated heterocycles. The van der Waals surface area contributed by atoms with Crippen molar-refractivity contribution in [3.8, 4) is 34.2 Å². The molecule has 0 unspecified atom stereocenters. The first-order chi connectivity index (χ1) is 17.9. The van der Waals surface area contributed by atoms with Crippen LogP contribution >= 0.6 is 0 Å². The van der Waals surface area contributed by atoms with Gasteiger partial charge in [0.1, 0.15) is 17.1 Å². The van der Waals surface area contributed by atoms with Gasteiger partial charge >= 0.3 is 6.18 Å². The standard InChI is InChI=1S/C27H27F3N4O4/c1-16-31-15-22(37-16)20-10-9-17(13-21(20)36-4)23-32-33-24-26(25(2,3)35,11-6-12-34(23)24)38-19-8-5-7-18(14-19)27(28,29)30/h5,7-10,13-15,35H,6,11-12H2,1-4H3/t26-/m1/s1. The van der Waals surface area contributed by atoms with Crippen molar-refractivity contribution in [2.24, 2.45) is 0 Å². The molecule has 200 valence electrons. The van der Waals surface area contributed by atoms with E-state index in [1.807, 2.05) is 16.7 Å². The summed E-state index contributed by atoms with van der Waals surface area (Å²) in [6.45, 7) is 5.40. The van der Waals surface area contributed by atoms with Gasteiger partial charge in [0.2, 0.25) is 0 Å². The minimum atomic E-state index is -4.53. The number of methoxy groups -OCH3 is 1. The lowest BCUT2D eigenvalue weighted by molar-refractivity contribution is -0.141. The summed E-state index contributed by atoms with van der Waals surface area (Å²) < 4.78 is 59.4. The number of alkyl halides is 3. The summed E-state index contributed by atoms with van der Waals surface area (Å²) in [5.74, 6) is 2.46. The maximum Gasteiger partial charge on any atom is 0.416 e. The Balaban J connectivity index is 1.58. The second kappa shape index (κ2) is 9.16. The number of fused-ring (bicyclic) bond motifs is 1. The van der Waals surface area contributed by atoms with Crippen LogP contribution in [0.2, 0.25) is 0 Å². The van der Waals surface area contributed by atoms with Crippen LogP contribution < -0.4 is 9.47 Å². The number of hydrogen-bond acceptors (Lipinski definition) is 7. The van der Waals surface area contributed by atoms with E-state index in [0.717, 1.165) is 12.1 Å². The van der Waals surface area contributed by atoms with Gasteiger partial charge in [0.05, 0.1) is 24.4 Å². The summed E-state index contributed by atoms with van der Waals surface area (Å²) in [6.07, 6.45) is -2.00. The number of rotatable bonds is 6. The fraction of sp³-hybridized carbons (Fsp3) is 0.370. The fourth-order valence-electron chi connectivity index (χ4n) is 4.88. The molecule has 5 rings (SSSR count). The van der Waals surface area contributed by atoms with E-state index in [1.54, 1.807) is 40.1 Å². The Bertz CT molecular complexity index is 1470. The molecule has 2 aromatic carbocycles. The van der Waals surface area contributed by atoms with Gasteiger partial charge in [-0.3, -0.25) is 0 Å². The Morgan fingerprint density at radius 2 is 1.89 bits per heavy atom. The number of oxazole rings is 1. The minimum Gasteiger partial charge on any atom is -0.496 e. The van der Waals surface area contributed by atoms with Crippen LogP contribution in [-0.2, 0) is 18.3 Å². The Morgan fingerprint density at radius 1 is 1.11 bits per heavy atom. The molecule has 38 heavy (non-hydrogen) atoms. The zero-order valence-electron chi connectivity index (χ0n) is 21.3. The van der Waals surface area contributed by atoms with Crippen molar-refractivity contribution < 1.29 is 32.2 Å². The van der Waals surface area contributed by atoms with E-state index >= 15 is 0 Å². The number of nitrogens with zero attached hydrogens (tertiary/aromatic N) is 4. The first-order valence-corrected chi connectivity index (χ1v) is 12.1. The molecule has 1 N–H and O–H groups in total. The predicted octanol–water partition coefficient (Wildman–Crippen LogP) is 5.77. The SMILES string of the molecule is COc1cc(-c2nnc3n2CCC[C@]3(Oc2cccc(C(F)(F)F)c2)C(C)(C)O)ccc1-c1cnc(C)o1. The summed E-state index contributed by atoms with van der Waals surface area (Å²) in [4.78, 5) is 4.14. The van der Waals surface area contributed by atoms with E-state index in [4.69, 9.17) is 13.9 Å². The molecular formula is C27H27F3N4O4. The number of aliphatic hydroxyl groups is 1. The number of halogens is 3. The summed E-state index contributed by atoms with van der Waals surface area (Å²) in [5.41, 5.74) is -2.37. The van der Waals surface area contributed by atoms with Crippen LogP contribution in [0.25, 0.3) is 22.7 Å². The van der Waals surface area contributed by atoms with Gasteiger partial charge in [-0.05, 0) is 57.0 Å². The third-order valence-corrected chi connectivity index (χ3v) is 6.81. The van der Waals surface area contributed by atoms with Crippen LogP contribution in [0.4, 0.5) is 13.2 Å². The highest BCUT2D eigenvalue weighted by Crippen LogP contribution is 2.45. The number of aromatic nitrogens is 4. The first-order valence-electron chi connectivity index (χ1n) is 12.1. The van der Waals surface area contributed by atoms with Crippen LogP contribution in [0.1, 0.15) is 44.0 Å². The molecule has 0 radical (unpaired) electrons. The normalized spacial score (nSPS) is 17.8. The van der Waals surface area contributed by atoms with E-state index in [1.165, 1.54) is 12.1 Å². The highest BCUT2D eigenvalue weighted by Gasteiger charge is 2.53. The van der Waals surface area contributed by atoms with Crippen LogP contribution in [0, 0.1) is 6.92 Å². The fourth-order valence-corrected chi connectivity index (χ4v) is 4.88. The van der Waals surface area contributed by atoms with Gasteiger partial charge < -0.3 is 23.6 Å². The van der Waals surface area contributed by atoms with Crippen molar-refractivity contribution in [1.82, 2.24) is 19.7 Å². The molecule has 1 atom stereocenters. The van der Waals surface area contributed by atoms with Crippen molar-refractivity contribution in [1.29, 1.82) is 0 Å².